The number of nitriles is 1. The summed E-state index contributed by atoms with van der Waals surface area (Å²) in [5.74, 6) is 0.671. The summed E-state index contributed by atoms with van der Waals surface area (Å²) in [6.45, 7) is 1.60. The largest absolute Gasteiger partial charge is 0.365 e. The average molecular weight is 326 g/mol. The fourth-order valence-electron chi connectivity index (χ4n) is 3.47. The summed E-state index contributed by atoms with van der Waals surface area (Å²) in [6, 6.07) is 4.60. The molecule has 1 aliphatic heterocycles. The number of nitrogens with one attached hydrogen (secondary N) is 1. The van der Waals surface area contributed by atoms with Gasteiger partial charge in [-0.2, -0.15) is 5.26 Å². The number of rotatable bonds is 3. The molecule has 126 valence electrons. The molecule has 0 spiro atoms. The monoisotopic (exact) mass is 326 g/mol. The van der Waals surface area contributed by atoms with E-state index in [0.29, 0.717) is 37.1 Å². The molecule has 1 aromatic rings. The summed E-state index contributed by atoms with van der Waals surface area (Å²) in [5, 5.41) is 12.5. The Bertz CT molecular complexity index is 693. The van der Waals surface area contributed by atoms with Crippen LogP contribution in [0.4, 0.5) is 5.82 Å². The van der Waals surface area contributed by atoms with Crippen LogP contribution in [0.1, 0.15) is 42.5 Å². The number of nitrogens with zero attached hydrogens (tertiary/aromatic N) is 3. The molecule has 1 aromatic heterocycles. The number of carbonyl (C=O) groups is 1. The fraction of sp³-hybridized carbons (Fsp3) is 0.611. The molecule has 0 aromatic carbocycles. The molecule has 1 unspecified atom stereocenters. The number of hydrogen-bond donors (Lipinski definition) is 1. The Hall–Kier alpha value is -2.13. The molecule has 24 heavy (non-hydrogen) atoms. The van der Waals surface area contributed by atoms with E-state index in [1.54, 1.807) is 0 Å². The van der Waals surface area contributed by atoms with Gasteiger partial charge < -0.3 is 15.0 Å². The summed E-state index contributed by atoms with van der Waals surface area (Å²) in [6.07, 6.45) is 5.95. The lowest BCUT2D eigenvalue weighted by molar-refractivity contribution is -0.133. The second-order valence-corrected chi connectivity index (χ2v) is 6.87. The van der Waals surface area contributed by atoms with Gasteiger partial charge in [0.05, 0.1) is 18.7 Å². The SMILES string of the molecule is N#Cc1cc2c(nc1N1CCOC(C(=O)NC3CC3)C1)CCCC2. The van der Waals surface area contributed by atoms with Crippen LogP contribution in [0.3, 0.4) is 0 Å². The van der Waals surface area contributed by atoms with Crippen LogP contribution in [0.2, 0.25) is 0 Å². The van der Waals surface area contributed by atoms with Crippen LogP contribution in [0.15, 0.2) is 6.07 Å². The molecule has 4 rings (SSSR count). The smallest absolute Gasteiger partial charge is 0.251 e. The second kappa shape index (κ2) is 6.40. The first-order valence-corrected chi connectivity index (χ1v) is 8.84. The molecule has 3 aliphatic rings. The van der Waals surface area contributed by atoms with Gasteiger partial charge in [0.2, 0.25) is 0 Å². The fourth-order valence-corrected chi connectivity index (χ4v) is 3.47. The number of morpholine rings is 1. The van der Waals surface area contributed by atoms with Gasteiger partial charge in [-0.15, -0.1) is 0 Å². The average Bonchev–Trinajstić information content (AvgIpc) is 3.44. The number of fused-ring (bicyclic) bond motifs is 1. The van der Waals surface area contributed by atoms with Gasteiger partial charge in [0.15, 0.2) is 6.10 Å². The summed E-state index contributed by atoms with van der Waals surface area (Å²) in [7, 11) is 0. The summed E-state index contributed by atoms with van der Waals surface area (Å²) < 4.78 is 5.64. The van der Waals surface area contributed by atoms with E-state index in [9.17, 15) is 10.1 Å². The first kappa shape index (κ1) is 15.4. The Balaban J connectivity index is 1.55. The highest BCUT2D eigenvalue weighted by Gasteiger charge is 2.32. The van der Waals surface area contributed by atoms with Crippen LogP contribution in [0.5, 0.6) is 0 Å². The van der Waals surface area contributed by atoms with Gasteiger partial charge in [0.25, 0.3) is 5.91 Å². The molecule has 0 bridgehead atoms. The molecule has 2 fully saturated rings. The predicted molar refractivity (Wildman–Crippen MR) is 88.7 cm³/mol. The number of anilines is 1. The molecule has 2 aliphatic carbocycles. The molecule has 1 amide bonds. The summed E-state index contributed by atoms with van der Waals surface area (Å²) >= 11 is 0. The normalized spacial score (nSPS) is 23.3. The molecule has 1 atom stereocenters. The highest BCUT2D eigenvalue weighted by atomic mass is 16.5. The lowest BCUT2D eigenvalue weighted by Crippen LogP contribution is -2.50. The van der Waals surface area contributed by atoms with E-state index in [-0.39, 0.29) is 5.91 Å². The van der Waals surface area contributed by atoms with Gasteiger partial charge in [-0.1, -0.05) is 0 Å². The van der Waals surface area contributed by atoms with Gasteiger partial charge in [-0.25, -0.2) is 4.98 Å². The lowest BCUT2D eigenvalue weighted by Gasteiger charge is -2.34. The number of carbonyl (C=O) groups excluding carboxylic acids is 1. The number of amides is 1. The predicted octanol–water partition coefficient (Wildman–Crippen LogP) is 1.32. The van der Waals surface area contributed by atoms with E-state index in [1.807, 2.05) is 11.0 Å². The van der Waals surface area contributed by atoms with Crippen LogP contribution in [0, 0.1) is 11.3 Å². The van der Waals surface area contributed by atoms with Crippen LogP contribution < -0.4 is 10.2 Å². The zero-order valence-electron chi connectivity index (χ0n) is 13.8. The second-order valence-electron chi connectivity index (χ2n) is 6.87. The Morgan fingerprint density at radius 1 is 1.38 bits per heavy atom. The quantitative estimate of drug-likeness (QED) is 0.906. The highest BCUT2D eigenvalue weighted by Crippen LogP contribution is 2.27. The van der Waals surface area contributed by atoms with Crippen molar-refractivity contribution in [1.82, 2.24) is 10.3 Å². The molecular formula is C18H22N4O2. The minimum atomic E-state index is -0.483. The summed E-state index contributed by atoms with van der Waals surface area (Å²) in [5.41, 5.74) is 2.93. The van der Waals surface area contributed by atoms with Crippen molar-refractivity contribution in [3.05, 3.63) is 22.9 Å². The minimum absolute atomic E-state index is 0.0429. The van der Waals surface area contributed by atoms with E-state index < -0.39 is 6.10 Å². The van der Waals surface area contributed by atoms with E-state index in [0.717, 1.165) is 37.8 Å². The van der Waals surface area contributed by atoms with Crippen LogP contribution in [-0.4, -0.2) is 42.7 Å². The first-order valence-electron chi connectivity index (χ1n) is 8.84. The van der Waals surface area contributed by atoms with E-state index in [1.165, 1.54) is 12.0 Å². The van der Waals surface area contributed by atoms with Crippen LogP contribution >= 0.6 is 0 Å². The van der Waals surface area contributed by atoms with Gasteiger partial charge in [0, 0.05) is 18.3 Å². The molecular weight excluding hydrogens is 304 g/mol. The first-order chi connectivity index (χ1) is 11.7. The number of aryl methyl sites for hydroxylation is 2. The number of hydrogen-bond acceptors (Lipinski definition) is 5. The Labute approximate surface area is 141 Å². The molecule has 2 heterocycles. The zero-order chi connectivity index (χ0) is 16.5. The van der Waals surface area contributed by atoms with Crippen LogP contribution in [0.25, 0.3) is 0 Å². The third-order valence-electron chi connectivity index (χ3n) is 4.98. The van der Waals surface area contributed by atoms with Crippen LogP contribution in [-0.2, 0) is 22.4 Å². The maximum Gasteiger partial charge on any atom is 0.251 e. The third-order valence-corrected chi connectivity index (χ3v) is 4.98. The molecule has 1 saturated heterocycles. The van der Waals surface area contributed by atoms with Crippen molar-refractivity contribution in [2.75, 3.05) is 24.6 Å². The lowest BCUT2D eigenvalue weighted by atomic mass is 9.95. The number of ether oxygens (including phenoxy) is 1. The highest BCUT2D eigenvalue weighted by molar-refractivity contribution is 5.82. The summed E-state index contributed by atoms with van der Waals surface area (Å²) in [4.78, 5) is 19.1. The Morgan fingerprint density at radius 2 is 2.21 bits per heavy atom. The maximum absolute atomic E-state index is 12.3. The molecule has 6 nitrogen and oxygen atoms in total. The van der Waals surface area contributed by atoms with E-state index >= 15 is 0 Å². The van der Waals surface area contributed by atoms with Crippen molar-refractivity contribution in [2.45, 2.75) is 50.7 Å². The number of pyridine rings is 1. The Morgan fingerprint density at radius 3 is 3.00 bits per heavy atom. The van der Waals surface area contributed by atoms with Crippen molar-refractivity contribution < 1.29 is 9.53 Å². The van der Waals surface area contributed by atoms with Crippen molar-refractivity contribution in [2.24, 2.45) is 0 Å². The van der Waals surface area contributed by atoms with Crippen molar-refractivity contribution >= 4 is 11.7 Å². The maximum atomic E-state index is 12.3. The van der Waals surface area contributed by atoms with Gasteiger partial charge in [-0.3, -0.25) is 4.79 Å². The van der Waals surface area contributed by atoms with Gasteiger partial charge >= 0.3 is 0 Å². The minimum Gasteiger partial charge on any atom is -0.365 e. The molecule has 1 saturated carbocycles. The number of aromatic nitrogens is 1. The van der Waals surface area contributed by atoms with E-state index in [4.69, 9.17) is 9.72 Å². The molecule has 0 radical (unpaired) electrons. The molecule has 1 N–H and O–H groups in total. The standard InChI is InChI=1S/C18H22N4O2/c19-10-13-9-12-3-1-2-4-15(12)21-17(13)22-7-8-24-16(11-22)18(23)20-14-5-6-14/h9,14,16H,1-8,11H2,(H,20,23). The molecule has 6 heteroatoms. The van der Waals surface area contributed by atoms with Gasteiger partial charge in [0.1, 0.15) is 11.9 Å². The Kier molecular flexibility index (Phi) is 4.11. The van der Waals surface area contributed by atoms with Crippen molar-refractivity contribution in [1.29, 1.82) is 5.26 Å². The zero-order valence-corrected chi connectivity index (χ0v) is 13.8. The van der Waals surface area contributed by atoms with Crippen molar-refractivity contribution in [3.63, 3.8) is 0 Å². The topological polar surface area (TPSA) is 78.2 Å². The van der Waals surface area contributed by atoms with Crippen molar-refractivity contribution in [3.8, 4) is 6.07 Å². The van der Waals surface area contributed by atoms with Gasteiger partial charge in [-0.05, 0) is 50.2 Å². The third kappa shape index (κ3) is 3.09. The van der Waals surface area contributed by atoms with E-state index in [2.05, 4.69) is 11.4 Å².